The van der Waals surface area contributed by atoms with E-state index in [0.717, 1.165) is 17.8 Å². The van der Waals surface area contributed by atoms with E-state index < -0.39 is 0 Å². The Bertz CT molecular complexity index is 317. The van der Waals surface area contributed by atoms with Gasteiger partial charge in [-0.1, -0.05) is 6.92 Å². The van der Waals surface area contributed by atoms with Gasteiger partial charge in [-0.2, -0.15) is 5.10 Å². The van der Waals surface area contributed by atoms with E-state index in [4.69, 9.17) is 0 Å². The van der Waals surface area contributed by atoms with Gasteiger partial charge in [0.05, 0.1) is 5.69 Å². The summed E-state index contributed by atoms with van der Waals surface area (Å²) >= 11 is 0. The number of rotatable bonds is 4. The van der Waals surface area contributed by atoms with Crippen LogP contribution in [0.4, 0.5) is 0 Å². The molecule has 1 aromatic heterocycles. The summed E-state index contributed by atoms with van der Waals surface area (Å²) in [6.07, 6.45) is 2.51. The molecule has 0 aliphatic heterocycles. The second kappa shape index (κ2) is 4.79. The highest BCUT2D eigenvalue weighted by Gasteiger charge is 2.04. The van der Waals surface area contributed by atoms with Crippen molar-refractivity contribution in [3.8, 4) is 0 Å². The van der Waals surface area contributed by atoms with E-state index in [-0.39, 0.29) is 5.91 Å². The van der Waals surface area contributed by atoms with Gasteiger partial charge in [-0.3, -0.25) is 9.48 Å². The molecule has 4 nitrogen and oxygen atoms in total. The number of aromatic nitrogens is 2. The van der Waals surface area contributed by atoms with E-state index in [0.29, 0.717) is 13.0 Å². The van der Waals surface area contributed by atoms with E-state index in [1.54, 1.807) is 0 Å². The summed E-state index contributed by atoms with van der Waals surface area (Å²) in [5, 5.41) is 7.13. The Balaban J connectivity index is 2.58. The standard InChI is InChI=1S/C10H17N3O/c1-4-10(14)11-6-9-7-13(5-2)12-8(9)3/h7H,4-6H2,1-3H3,(H,11,14). The molecule has 1 heterocycles. The molecule has 1 N–H and O–H groups in total. The first-order valence-electron chi connectivity index (χ1n) is 4.97. The Morgan fingerprint density at radius 2 is 2.29 bits per heavy atom. The Labute approximate surface area is 84.3 Å². The molecule has 4 heteroatoms. The van der Waals surface area contributed by atoms with E-state index in [1.807, 2.05) is 31.6 Å². The maximum Gasteiger partial charge on any atom is 0.219 e. The Hall–Kier alpha value is -1.32. The van der Waals surface area contributed by atoms with Gasteiger partial charge >= 0.3 is 0 Å². The molecule has 0 saturated heterocycles. The molecular weight excluding hydrogens is 178 g/mol. The molecule has 0 radical (unpaired) electrons. The molecule has 0 atom stereocenters. The fourth-order valence-electron chi connectivity index (χ4n) is 1.21. The van der Waals surface area contributed by atoms with Crippen LogP contribution in [-0.4, -0.2) is 15.7 Å². The monoisotopic (exact) mass is 195 g/mol. The lowest BCUT2D eigenvalue weighted by Crippen LogP contribution is -2.21. The van der Waals surface area contributed by atoms with Crippen molar-refractivity contribution in [2.45, 2.75) is 40.3 Å². The quantitative estimate of drug-likeness (QED) is 0.785. The van der Waals surface area contributed by atoms with Gasteiger partial charge < -0.3 is 5.32 Å². The zero-order chi connectivity index (χ0) is 10.6. The summed E-state index contributed by atoms with van der Waals surface area (Å²) in [6, 6.07) is 0. The number of hydrogen-bond donors (Lipinski definition) is 1. The zero-order valence-electron chi connectivity index (χ0n) is 9.00. The largest absolute Gasteiger partial charge is 0.352 e. The normalized spacial score (nSPS) is 10.2. The summed E-state index contributed by atoms with van der Waals surface area (Å²) in [4.78, 5) is 11.0. The smallest absolute Gasteiger partial charge is 0.219 e. The fourth-order valence-corrected chi connectivity index (χ4v) is 1.21. The molecule has 0 aromatic carbocycles. The molecule has 0 unspecified atom stereocenters. The molecule has 78 valence electrons. The summed E-state index contributed by atoms with van der Waals surface area (Å²) in [6.45, 7) is 7.29. The van der Waals surface area contributed by atoms with Crippen LogP contribution in [0.15, 0.2) is 6.20 Å². The number of nitrogens with one attached hydrogen (secondary N) is 1. The van der Waals surface area contributed by atoms with Crippen LogP contribution in [0.1, 0.15) is 31.5 Å². The van der Waals surface area contributed by atoms with Gasteiger partial charge in [0, 0.05) is 31.3 Å². The van der Waals surface area contributed by atoms with Crippen molar-refractivity contribution in [1.29, 1.82) is 0 Å². The van der Waals surface area contributed by atoms with E-state index in [1.165, 1.54) is 0 Å². The van der Waals surface area contributed by atoms with Crippen molar-refractivity contribution in [3.05, 3.63) is 17.5 Å². The number of carbonyl (C=O) groups excluding carboxylic acids is 1. The third-order valence-electron chi connectivity index (χ3n) is 2.17. The predicted molar refractivity (Wildman–Crippen MR) is 54.8 cm³/mol. The molecule has 0 fully saturated rings. The first kappa shape index (κ1) is 10.8. The number of carbonyl (C=O) groups is 1. The van der Waals surface area contributed by atoms with Crippen molar-refractivity contribution in [2.75, 3.05) is 0 Å². The molecule has 0 aliphatic rings. The zero-order valence-corrected chi connectivity index (χ0v) is 9.00. The van der Waals surface area contributed by atoms with Crippen molar-refractivity contribution in [3.63, 3.8) is 0 Å². The lowest BCUT2D eigenvalue weighted by molar-refractivity contribution is -0.120. The summed E-state index contributed by atoms with van der Waals surface area (Å²) < 4.78 is 1.88. The Kier molecular flexibility index (Phi) is 3.68. The number of aryl methyl sites for hydroxylation is 2. The second-order valence-corrected chi connectivity index (χ2v) is 3.23. The molecule has 0 spiro atoms. The molecule has 14 heavy (non-hydrogen) atoms. The lowest BCUT2D eigenvalue weighted by atomic mass is 10.2. The van der Waals surface area contributed by atoms with Crippen LogP contribution < -0.4 is 5.32 Å². The highest BCUT2D eigenvalue weighted by atomic mass is 16.1. The SMILES string of the molecule is CCC(=O)NCc1cn(CC)nc1C. The minimum atomic E-state index is 0.0775. The summed E-state index contributed by atoms with van der Waals surface area (Å²) in [7, 11) is 0. The van der Waals surface area contributed by atoms with E-state index in [9.17, 15) is 4.79 Å². The average molecular weight is 195 g/mol. The Morgan fingerprint density at radius 1 is 1.57 bits per heavy atom. The first-order chi connectivity index (χ1) is 6.67. The number of nitrogens with zero attached hydrogens (tertiary/aromatic N) is 2. The molecule has 1 aromatic rings. The van der Waals surface area contributed by atoms with Gasteiger partial charge in [0.2, 0.25) is 5.91 Å². The maximum atomic E-state index is 11.0. The van der Waals surface area contributed by atoms with Crippen molar-refractivity contribution < 1.29 is 4.79 Å². The van der Waals surface area contributed by atoms with Crippen molar-refractivity contribution in [1.82, 2.24) is 15.1 Å². The van der Waals surface area contributed by atoms with Gasteiger partial charge in [-0.15, -0.1) is 0 Å². The number of amides is 1. The van der Waals surface area contributed by atoms with Crippen LogP contribution in [0.2, 0.25) is 0 Å². The molecular formula is C10H17N3O. The highest BCUT2D eigenvalue weighted by Crippen LogP contribution is 2.04. The summed E-state index contributed by atoms with van der Waals surface area (Å²) in [5.74, 6) is 0.0775. The molecule has 0 bridgehead atoms. The minimum Gasteiger partial charge on any atom is -0.352 e. The van der Waals surface area contributed by atoms with E-state index >= 15 is 0 Å². The van der Waals surface area contributed by atoms with Crippen LogP contribution in [0.25, 0.3) is 0 Å². The average Bonchev–Trinajstić information content (AvgIpc) is 2.55. The van der Waals surface area contributed by atoms with Crippen LogP contribution in [0, 0.1) is 6.92 Å². The van der Waals surface area contributed by atoms with Gasteiger partial charge in [-0.05, 0) is 13.8 Å². The van der Waals surface area contributed by atoms with Crippen molar-refractivity contribution >= 4 is 5.91 Å². The molecule has 1 rings (SSSR count). The van der Waals surface area contributed by atoms with Gasteiger partial charge in [0.25, 0.3) is 0 Å². The maximum absolute atomic E-state index is 11.0. The highest BCUT2D eigenvalue weighted by molar-refractivity contribution is 5.75. The fraction of sp³-hybridized carbons (Fsp3) is 0.600. The van der Waals surface area contributed by atoms with Crippen LogP contribution in [0.3, 0.4) is 0 Å². The van der Waals surface area contributed by atoms with E-state index in [2.05, 4.69) is 10.4 Å². The molecule has 0 aliphatic carbocycles. The summed E-state index contributed by atoms with van der Waals surface area (Å²) in [5.41, 5.74) is 2.08. The minimum absolute atomic E-state index is 0.0775. The van der Waals surface area contributed by atoms with Crippen molar-refractivity contribution in [2.24, 2.45) is 0 Å². The molecule has 0 saturated carbocycles. The van der Waals surface area contributed by atoms with Gasteiger partial charge in [0.1, 0.15) is 0 Å². The topological polar surface area (TPSA) is 46.9 Å². The molecule has 1 amide bonds. The first-order valence-corrected chi connectivity index (χ1v) is 4.97. The van der Waals surface area contributed by atoms with Crippen LogP contribution in [0.5, 0.6) is 0 Å². The third-order valence-corrected chi connectivity index (χ3v) is 2.17. The van der Waals surface area contributed by atoms with Gasteiger partial charge in [0.15, 0.2) is 0 Å². The second-order valence-electron chi connectivity index (χ2n) is 3.23. The predicted octanol–water partition coefficient (Wildman–Crippen LogP) is 1.24. The lowest BCUT2D eigenvalue weighted by Gasteiger charge is -2.00. The Morgan fingerprint density at radius 3 is 2.79 bits per heavy atom. The van der Waals surface area contributed by atoms with Gasteiger partial charge in [-0.25, -0.2) is 0 Å². The number of hydrogen-bond acceptors (Lipinski definition) is 2. The van der Waals surface area contributed by atoms with Crippen LogP contribution >= 0.6 is 0 Å². The third kappa shape index (κ3) is 2.58. The van der Waals surface area contributed by atoms with Crippen LogP contribution in [-0.2, 0) is 17.9 Å².